The number of carbonyl (C=O) groups is 2. The molecule has 1 heterocycles. The number of rotatable bonds is 5. The number of hydrogen-bond donors (Lipinski definition) is 0. The Labute approximate surface area is 204 Å². The third-order valence-corrected chi connectivity index (χ3v) is 7.07. The SMILES string of the molecule is O=CC1=CC2=C(c3ccccc3)C(=O)N(c3ccccc3)[C@]2(c2ccccc2)[C@@H]1c1ccccc1. The first-order chi connectivity index (χ1) is 17.3. The summed E-state index contributed by atoms with van der Waals surface area (Å²) in [6.45, 7) is 0. The van der Waals surface area contributed by atoms with Gasteiger partial charge in [-0.1, -0.05) is 109 Å². The summed E-state index contributed by atoms with van der Waals surface area (Å²) in [5.74, 6) is -0.424. The van der Waals surface area contributed by atoms with Gasteiger partial charge in [0.1, 0.15) is 11.8 Å². The Hall–Kier alpha value is -4.50. The Balaban J connectivity index is 1.76. The normalized spacial score (nSPS) is 21.1. The van der Waals surface area contributed by atoms with Gasteiger partial charge in [-0.15, -0.1) is 0 Å². The molecule has 3 nitrogen and oxygen atoms in total. The van der Waals surface area contributed by atoms with Crippen molar-refractivity contribution in [1.29, 1.82) is 0 Å². The lowest BCUT2D eigenvalue weighted by atomic mass is 9.71. The van der Waals surface area contributed by atoms with Crippen molar-refractivity contribution in [2.24, 2.45) is 0 Å². The average molecular weight is 454 g/mol. The highest BCUT2D eigenvalue weighted by Crippen LogP contribution is 2.61. The molecule has 0 spiro atoms. The molecule has 0 unspecified atom stereocenters. The topological polar surface area (TPSA) is 37.4 Å². The lowest BCUT2D eigenvalue weighted by Crippen LogP contribution is -2.49. The molecule has 2 atom stereocenters. The Morgan fingerprint density at radius 2 is 1.23 bits per heavy atom. The number of benzene rings is 4. The van der Waals surface area contributed by atoms with Crippen LogP contribution in [0.3, 0.4) is 0 Å². The molecule has 4 aromatic rings. The fourth-order valence-electron chi connectivity index (χ4n) is 5.76. The van der Waals surface area contributed by atoms with E-state index in [1.54, 1.807) is 0 Å². The molecule has 3 heteroatoms. The summed E-state index contributed by atoms with van der Waals surface area (Å²) in [5, 5.41) is 0. The van der Waals surface area contributed by atoms with Crippen molar-refractivity contribution in [2.45, 2.75) is 11.5 Å². The largest absolute Gasteiger partial charge is 0.298 e. The minimum absolute atomic E-state index is 0.0663. The van der Waals surface area contributed by atoms with Crippen LogP contribution < -0.4 is 4.90 Å². The highest BCUT2D eigenvalue weighted by Gasteiger charge is 2.61. The van der Waals surface area contributed by atoms with E-state index in [1.165, 1.54) is 0 Å². The van der Waals surface area contributed by atoms with E-state index < -0.39 is 5.54 Å². The van der Waals surface area contributed by atoms with Crippen molar-refractivity contribution in [3.8, 4) is 0 Å². The van der Waals surface area contributed by atoms with Gasteiger partial charge in [0.2, 0.25) is 0 Å². The number of carbonyl (C=O) groups excluding carboxylic acids is 2. The maximum atomic E-state index is 14.4. The summed E-state index contributed by atoms with van der Waals surface area (Å²) >= 11 is 0. The Morgan fingerprint density at radius 1 is 0.686 bits per heavy atom. The lowest BCUT2D eigenvalue weighted by molar-refractivity contribution is -0.114. The summed E-state index contributed by atoms with van der Waals surface area (Å²) in [7, 11) is 0. The van der Waals surface area contributed by atoms with Crippen LogP contribution in [0.5, 0.6) is 0 Å². The Morgan fingerprint density at radius 3 is 1.83 bits per heavy atom. The quantitative estimate of drug-likeness (QED) is 0.332. The van der Waals surface area contributed by atoms with Crippen LogP contribution in [-0.4, -0.2) is 12.2 Å². The van der Waals surface area contributed by atoms with Crippen LogP contribution in [-0.2, 0) is 15.1 Å². The van der Waals surface area contributed by atoms with Crippen molar-refractivity contribution < 1.29 is 9.59 Å². The minimum atomic E-state index is -0.900. The van der Waals surface area contributed by atoms with E-state index in [-0.39, 0.29) is 11.8 Å². The van der Waals surface area contributed by atoms with Crippen molar-refractivity contribution >= 4 is 23.5 Å². The van der Waals surface area contributed by atoms with E-state index >= 15 is 0 Å². The molecule has 4 aromatic carbocycles. The molecule has 35 heavy (non-hydrogen) atoms. The highest BCUT2D eigenvalue weighted by molar-refractivity contribution is 6.32. The van der Waals surface area contributed by atoms with Gasteiger partial charge in [-0.3, -0.25) is 14.5 Å². The Bertz CT molecular complexity index is 1460. The monoisotopic (exact) mass is 453 g/mol. The van der Waals surface area contributed by atoms with Gasteiger partial charge in [0.25, 0.3) is 5.91 Å². The van der Waals surface area contributed by atoms with Crippen molar-refractivity contribution in [2.75, 3.05) is 4.90 Å². The fraction of sp³-hybridized carbons (Fsp3) is 0.0625. The van der Waals surface area contributed by atoms with E-state index in [2.05, 4.69) is 12.1 Å². The lowest BCUT2D eigenvalue weighted by Gasteiger charge is -2.43. The van der Waals surface area contributed by atoms with Crippen molar-refractivity contribution in [3.05, 3.63) is 155 Å². The number of fused-ring (bicyclic) bond motifs is 1. The predicted molar refractivity (Wildman–Crippen MR) is 139 cm³/mol. The molecule has 0 N–H and O–H groups in total. The zero-order valence-corrected chi connectivity index (χ0v) is 19.0. The molecule has 1 aliphatic carbocycles. The zero-order chi connectivity index (χ0) is 23.8. The molecule has 0 bridgehead atoms. The molecular weight excluding hydrogens is 430 g/mol. The van der Waals surface area contributed by atoms with Crippen LogP contribution in [0.25, 0.3) is 5.57 Å². The summed E-state index contributed by atoms with van der Waals surface area (Å²) in [5.41, 5.74) is 4.87. The van der Waals surface area contributed by atoms with Crippen molar-refractivity contribution in [1.82, 2.24) is 0 Å². The molecule has 0 saturated carbocycles. The summed E-state index contributed by atoms with van der Waals surface area (Å²) in [4.78, 5) is 28.9. The van der Waals surface area contributed by atoms with Gasteiger partial charge in [0.05, 0.1) is 5.57 Å². The van der Waals surface area contributed by atoms with E-state index in [0.29, 0.717) is 11.1 Å². The van der Waals surface area contributed by atoms with Gasteiger partial charge in [0.15, 0.2) is 0 Å². The van der Waals surface area contributed by atoms with Crippen LogP contribution in [0.2, 0.25) is 0 Å². The van der Waals surface area contributed by atoms with Gasteiger partial charge in [-0.2, -0.15) is 0 Å². The first-order valence-corrected chi connectivity index (χ1v) is 11.7. The van der Waals surface area contributed by atoms with E-state index in [4.69, 9.17) is 0 Å². The van der Waals surface area contributed by atoms with E-state index in [9.17, 15) is 9.59 Å². The number of para-hydroxylation sites is 1. The van der Waals surface area contributed by atoms with E-state index in [0.717, 1.165) is 34.2 Å². The van der Waals surface area contributed by atoms with Gasteiger partial charge in [-0.25, -0.2) is 0 Å². The van der Waals surface area contributed by atoms with Crippen LogP contribution >= 0.6 is 0 Å². The third kappa shape index (κ3) is 3.05. The number of nitrogens with zero attached hydrogens (tertiary/aromatic N) is 1. The maximum Gasteiger partial charge on any atom is 0.260 e. The molecule has 1 amide bonds. The molecule has 1 aliphatic heterocycles. The Kier molecular flexibility index (Phi) is 5.04. The summed E-state index contributed by atoms with van der Waals surface area (Å²) < 4.78 is 0. The molecule has 0 fully saturated rings. The van der Waals surface area contributed by atoms with Gasteiger partial charge in [0, 0.05) is 17.2 Å². The second kappa shape index (κ2) is 8.37. The number of aldehydes is 1. The average Bonchev–Trinajstić information content (AvgIpc) is 3.39. The molecule has 0 aromatic heterocycles. The highest BCUT2D eigenvalue weighted by atomic mass is 16.2. The van der Waals surface area contributed by atoms with Gasteiger partial charge in [-0.05, 0) is 40.5 Å². The second-order valence-corrected chi connectivity index (χ2v) is 8.87. The molecular formula is C32H23NO2. The molecule has 6 rings (SSSR count). The number of amides is 1. The van der Waals surface area contributed by atoms with Crippen LogP contribution in [0.1, 0.15) is 22.6 Å². The van der Waals surface area contributed by atoms with Crippen LogP contribution in [0.4, 0.5) is 5.69 Å². The minimum Gasteiger partial charge on any atom is -0.298 e. The smallest absolute Gasteiger partial charge is 0.260 e. The van der Waals surface area contributed by atoms with Crippen LogP contribution in [0.15, 0.2) is 139 Å². The van der Waals surface area contributed by atoms with E-state index in [1.807, 2.05) is 120 Å². The van der Waals surface area contributed by atoms with Crippen LogP contribution in [0, 0.1) is 0 Å². The number of anilines is 1. The summed E-state index contributed by atoms with van der Waals surface area (Å²) in [6.07, 6.45) is 2.89. The zero-order valence-electron chi connectivity index (χ0n) is 19.0. The molecule has 0 saturated heterocycles. The third-order valence-electron chi connectivity index (χ3n) is 7.07. The maximum absolute atomic E-state index is 14.4. The molecule has 168 valence electrons. The first-order valence-electron chi connectivity index (χ1n) is 11.7. The standard InChI is InChI=1S/C32H23NO2/c34-22-25-21-28-29(23-13-5-1-6-14-23)31(35)33(27-19-11-4-12-20-27)32(28,26-17-9-3-10-18-26)30(25)24-15-7-2-8-16-24/h1-22,30H/t30-,32+/m1/s1. The number of hydrogen-bond acceptors (Lipinski definition) is 2. The summed E-state index contributed by atoms with van der Waals surface area (Å²) in [6, 6.07) is 39.7. The van der Waals surface area contributed by atoms with Crippen molar-refractivity contribution in [3.63, 3.8) is 0 Å². The molecule has 0 radical (unpaired) electrons. The second-order valence-electron chi connectivity index (χ2n) is 8.87. The predicted octanol–water partition coefficient (Wildman–Crippen LogP) is 6.31. The fourth-order valence-corrected chi connectivity index (χ4v) is 5.76. The first kappa shape index (κ1) is 21.1. The molecule has 2 aliphatic rings. The van der Waals surface area contributed by atoms with Gasteiger partial charge >= 0.3 is 0 Å². The van der Waals surface area contributed by atoms with Gasteiger partial charge < -0.3 is 0 Å².